The molecule has 2 rings (SSSR count). The fourth-order valence-electron chi connectivity index (χ4n) is 2.27. The van der Waals surface area contributed by atoms with Crippen molar-refractivity contribution >= 4 is 6.03 Å². The van der Waals surface area contributed by atoms with Crippen molar-refractivity contribution in [3.05, 3.63) is 54.4 Å². The van der Waals surface area contributed by atoms with Crippen LogP contribution in [-0.4, -0.2) is 39.0 Å². The van der Waals surface area contributed by atoms with Crippen molar-refractivity contribution < 1.29 is 4.79 Å². The second kappa shape index (κ2) is 7.58. The van der Waals surface area contributed by atoms with Gasteiger partial charge in [-0.1, -0.05) is 29.5 Å². The zero-order valence-corrected chi connectivity index (χ0v) is 13.9. The van der Waals surface area contributed by atoms with Crippen LogP contribution in [0.2, 0.25) is 0 Å². The normalized spacial score (nSPS) is 11.8. The lowest BCUT2D eigenvalue weighted by Gasteiger charge is -2.24. The summed E-state index contributed by atoms with van der Waals surface area (Å²) in [5.41, 5.74) is 2.93. The number of nitrogens with zero attached hydrogens (tertiary/aromatic N) is 4. The first-order chi connectivity index (χ1) is 11.0. The molecule has 1 atom stereocenters. The molecule has 1 N–H and O–H groups in total. The Hall–Kier alpha value is -2.63. The lowest BCUT2D eigenvalue weighted by Crippen LogP contribution is -2.41. The van der Waals surface area contributed by atoms with Crippen LogP contribution < -0.4 is 5.32 Å². The van der Waals surface area contributed by atoms with E-state index in [0.29, 0.717) is 13.1 Å². The van der Waals surface area contributed by atoms with E-state index in [0.717, 1.165) is 16.8 Å². The summed E-state index contributed by atoms with van der Waals surface area (Å²) in [5, 5.41) is 10.8. The quantitative estimate of drug-likeness (QED) is 0.834. The molecule has 6 heteroatoms. The van der Waals surface area contributed by atoms with Crippen molar-refractivity contribution in [2.75, 3.05) is 13.1 Å². The highest BCUT2D eigenvalue weighted by atomic mass is 16.2. The molecule has 23 heavy (non-hydrogen) atoms. The number of hydrogen-bond donors (Lipinski definition) is 1. The minimum Gasteiger partial charge on any atom is -0.331 e. The van der Waals surface area contributed by atoms with Gasteiger partial charge >= 0.3 is 6.03 Å². The van der Waals surface area contributed by atoms with Crippen LogP contribution >= 0.6 is 0 Å². The molecule has 2 amide bonds. The summed E-state index contributed by atoms with van der Waals surface area (Å²) in [5.74, 6) is 0. The fraction of sp³-hybridized carbons (Fsp3) is 0.353. The number of nitrogens with one attached hydrogen (secondary N) is 1. The maximum absolute atomic E-state index is 12.3. The first-order valence-corrected chi connectivity index (χ1v) is 7.67. The molecular formula is C17H23N5O. The third-order valence-corrected chi connectivity index (χ3v) is 3.55. The average molecular weight is 313 g/mol. The summed E-state index contributed by atoms with van der Waals surface area (Å²) in [6, 6.07) is 7.72. The number of aromatic nitrogens is 3. The summed E-state index contributed by atoms with van der Waals surface area (Å²) >= 11 is 0. The van der Waals surface area contributed by atoms with Crippen molar-refractivity contribution in [1.29, 1.82) is 0 Å². The highest BCUT2D eigenvalue weighted by Crippen LogP contribution is 2.15. The van der Waals surface area contributed by atoms with Gasteiger partial charge in [0.2, 0.25) is 0 Å². The third-order valence-electron chi connectivity index (χ3n) is 3.55. The van der Waals surface area contributed by atoms with E-state index in [2.05, 4.69) is 22.2 Å². The van der Waals surface area contributed by atoms with E-state index in [4.69, 9.17) is 0 Å². The van der Waals surface area contributed by atoms with E-state index in [1.165, 1.54) is 0 Å². The van der Waals surface area contributed by atoms with Gasteiger partial charge in [0.25, 0.3) is 0 Å². The number of benzene rings is 1. The molecule has 0 radical (unpaired) electrons. The number of carbonyl (C=O) groups is 1. The maximum atomic E-state index is 12.3. The lowest BCUT2D eigenvalue weighted by atomic mass is 10.1. The molecule has 0 bridgehead atoms. The topological polar surface area (TPSA) is 63.1 Å². The van der Waals surface area contributed by atoms with Crippen LogP contribution in [0.15, 0.2) is 48.8 Å². The monoisotopic (exact) mass is 313 g/mol. The lowest BCUT2D eigenvalue weighted by molar-refractivity contribution is 0.201. The minimum atomic E-state index is -0.0802. The zero-order valence-electron chi connectivity index (χ0n) is 13.9. The molecule has 0 fully saturated rings. The summed E-state index contributed by atoms with van der Waals surface area (Å²) in [6.45, 7) is 10.9. The van der Waals surface area contributed by atoms with Gasteiger partial charge in [-0.2, -0.15) is 0 Å². The van der Waals surface area contributed by atoms with Crippen LogP contribution in [-0.2, 0) is 0 Å². The van der Waals surface area contributed by atoms with Crippen LogP contribution in [0.1, 0.15) is 32.4 Å². The van der Waals surface area contributed by atoms with E-state index < -0.39 is 0 Å². The molecule has 0 aliphatic heterocycles. The molecule has 122 valence electrons. The van der Waals surface area contributed by atoms with Gasteiger partial charge in [-0.3, -0.25) is 0 Å². The Labute approximate surface area is 136 Å². The van der Waals surface area contributed by atoms with Gasteiger partial charge in [-0.15, -0.1) is 5.10 Å². The van der Waals surface area contributed by atoms with Gasteiger partial charge in [-0.25, -0.2) is 9.48 Å². The molecule has 0 unspecified atom stereocenters. The maximum Gasteiger partial charge on any atom is 0.318 e. The Kier molecular flexibility index (Phi) is 5.51. The van der Waals surface area contributed by atoms with Crippen LogP contribution in [0.5, 0.6) is 0 Å². The van der Waals surface area contributed by atoms with Gasteiger partial charge in [0.15, 0.2) is 0 Å². The van der Waals surface area contributed by atoms with Crippen molar-refractivity contribution in [3.63, 3.8) is 0 Å². The number of carbonyl (C=O) groups excluding carboxylic acids is 1. The van der Waals surface area contributed by atoms with Crippen LogP contribution in [0, 0.1) is 0 Å². The van der Waals surface area contributed by atoms with Crippen molar-refractivity contribution in [2.24, 2.45) is 0 Å². The van der Waals surface area contributed by atoms with E-state index in [9.17, 15) is 4.79 Å². The molecule has 2 aromatic rings. The molecular weight excluding hydrogens is 290 g/mol. The molecule has 0 saturated heterocycles. The molecule has 1 aromatic heterocycles. The Morgan fingerprint density at radius 3 is 2.61 bits per heavy atom. The highest BCUT2D eigenvalue weighted by Gasteiger charge is 2.15. The zero-order chi connectivity index (χ0) is 16.8. The second-order valence-electron chi connectivity index (χ2n) is 5.58. The Morgan fingerprint density at radius 1 is 1.39 bits per heavy atom. The first kappa shape index (κ1) is 16.7. The predicted molar refractivity (Wildman–Crippen MR) is 90.4 cm³/mol. The highest BCUT2D eigenvalue weighted by molar-refractivity contribution is 5.75. The van der Waals surface area contributed by atoms with Gasteiger partial charge in [0, 0.05) is 13.1 Å². The van der Waals surface area contributed by atoms with Crippen LogP contribution in [0.3, 0.4) is 0 Å². The average Bonchev–Trinajstić information content (AvgIpc) is 3.06. The van der Waals surface area contributed by atoms with Crippen LogP contribution in [0.25, 0.3) is 5.69 Å². The summed E-state index contributed by atoms with van der Waals surface area (Å²) in [7, 11) is 0. The van der Waals surface area contributed by atoms with E-state index in [1.54, 1.807) is 22.0 Å². The van der Waals surface area contributed by atoms with Crippen molar-refractivity contribution in [1.82, 2.24) is 25.2 Å². The molecule has 6 nitrogen and oxygen atoms in total. The Morgan fingerprint density at radius 2 is 2.09 bits per heavy atom. The van der Waals surface area contributed by atoms with E-state index in [1.807, 2.05) is 45.0 Å². The first-order valence-electron chi connectivity index (χ1n) is 7.67. The number of likely N-dealkylation sites (N-methyl/N-ethyl adjacent to an activating group) is 1. The Balaban J connectivity index is 2.01. The number of amides is 2. The second-order valence-corrected chi connectivity index (χ2v) is 5.58. The predicted octanol–water partition coefficient (Wildman–Crippen LogP) is 2.94. The molecule has 0 aliphatic rings. The standard InChI is InChI=1S/C17H23N5O/c1-5-21(12-13(2)3)17(23)19-14(4)15-6-8-16(9-7-15)22-11-10-18-20-22/h6-11,14H,2,5,12H2,1,3-4H3,(H,19,23)/t14-/m0/s1. The van der Waals surface area contributed by atoms with E-state index >= 15 is 0 Å². The summed E-state index contributed by atoms with van der Waals surface area (Å²) < 4.78 is 1.69. The molecule has 0 spiro atoms. The largest absolute Gasteiger partial charge is 0.331 e. The Bertz CT molecular complexity index is 648. The third kappa shape index (κ3) is 4.42. The molecule has 0 saturated carbocycles. The number of hydrogen-bond acceptors (Lipinski definition) is 3. The molecule has 1 heterocycles. The summed E-state index contributed by atoms with van der Waals surface area (Å²) in [6.07, 6.45) is 3.43. The molecule has 1 aromatic carbocycles. The smallest absolute Gasteiger partial charge is 0.318 e. The number of urea groups is 1. The van der Waals surface area contributed by atoms with Gasteiger partial charge in [-0.05, 0) is 38.5 Å². The number of rotatable bonds is 6. The van der Waals surface area contributed by atoms with Gasteiger partial charge in [0.05, 0.1) is 24.1 Å². The van der Waals surface area contributed by atoms with Gasteiger partial charge < -0.3 is 10.2 Å². The SMILES string of the molecule is C=C(C)CN(CC)C(=O)N[C@@H](C)c1ccc(-n2ccnn2)cc1. The molecule has 0 aliphatic carbocycles. The van der Waals surface area contributed by atoms with Crippen molar-refractivity contribution in [2.45, 2.75) is 26.8 Å². The van der Waals surface area contributed by atoms with Gasteiger partial charge in [0.1, 0.15) is 0 Å². The van der Waals surface area contributed by atoms with E-state index in [-0.39, 0.29) is 12.1 Å². The summed E-state index contributed by atoms with van der Waals surface area (Å²) in [4.78, 5) is 14.0. The van der Waals surface area contributed by atoms with Crippen molar-refractivity contribution in [3.8, 4) is 5.69 Å². The van der Waals surface area contributed by atoms with Crippen LogP contribution in [0.4, 0.5) is 4.79 Å². The fourth-order valence-corrected chi connectivity index (χ4v) is 2.27. The minimum absolute atomic E-state index is 0.0773.